The highest BCUT2D eigenvalue weighted by Gasteiger charge is 2.25. The predicted octanol–water partition coefficient (Wildman–Crippen LogP) is 3.97. The molecule has 0 bridgehead atoms. The molecule has 0 amide bonds. The summed E-state index contributed by atoms with van der Waals surface area (Å²) in [6.07, 6.45) is 4.63. The van der Waals surface area contributed by atoms with E-state index in [4.69, 9.17) is 4.98 Å². The van der Waals surface area contributed by atoms with Gasteiger partial charge < -0.3 is 0 Å². The van der Waals surface area contributed by atoms with E-state index in [9.17, 15) is 4.79 Å². The van der Waals surface area contributed by atoms with E-state index >= 15 is 0 Å². The first-order chi connectivity index (χ1) is 11.1. The maximum atomic E-state index is 13.2. The molecule has 1 aliphatic rings. The molecule has 2 heterocycles. The number of aromatic nitrogens is 2. The van der Waals surface area contributed by atoms with Crippen molar-refractivity contribution in [2.75, 3.05) is 0 Å². The molecule has 114 valence electrons. The standard InChI is InChI=1S/C20H18N2O/c1-12-10-13(2)19-15(11-12)18(14-6-5-8-16(14)22-19)20(23)17-7-3-4-9-21-17/h3-4,7,9-11H,5-6,8H2,1-2H3. The summed E-state index contributed by atoms with van der Waals surface area (Å²) in [4.78, 5) is 22.3. The van der Waals surface area contributed by atoms with E-state index in [-0.39, 0.29) is 5.78 Å². The summed E-state index contributed by atoms with van der Waals surface area (Å²) in [6.45, 7) is 4.13. The molecule has 4 rings (SSSR count). The van der Waals surface area contributed by atoms with Crippen LogP contribution in [0, 0.1) is 13.8 Å². The number of pyridine rings is 2. The number of aryl methyl sites for hydroxylation is 3. The van der Waals surface area contributed by atoms with Crippen LogP contribution in [0.15, 0.2) is 36.5 Å². The second-order valence-corrected chi connectivity index (χ2v) is 6.29. The summed E-state index contributed by atoms with van der Waals surface area (Å²) in [7, 11) is 0. The fourth-order valence-electron chi connectivity index (χ4n) is 3.60. The number of carbonyl (C=O) groups is 1. The van der Waals surface area contributed by atoms with Crippen LogP contribution in [-0.4, -0.2) is 15.8 Å². The smallest absolute Gasteiger partial charge is 0.212 e. The third-order valence-corrected chi connectivity index (χ3v) is 4.58. The first kappa shape index (κ1) is 14.1. The molecule has 0 aliphatic heterocycles. The summed E-state index contributed by atoms with van der Waals surface area (Å²) in [5.74, 6) is 0.0150. The Morgan fingerprint density at radius 2 is 2.00 bits per heavy atom. The lowest BCUT2D eigenvalue weighted by atomic mass is 9.93. The van der Waals surface area contributed by atoms with Crippen molar-refractivity contribution in [3.05, 3.63) is 70.2 Å². The molecule has 2 aromatic heterocycles. The second kappa shape index (κ2) is 5.27. The molecule has 3 nitrogen and oxygen atoms in total. The number of ketones is 1. The van der Waals surface area contributed by atoms with Gasteiger partial charge in [-0.1, -0.05) is 17.7 Å². The summed E-state index contributed by atoms with van der Waals surface area (Å²) >= 11 is 0. The maximum Gasteiger partial charge on any atom is 0.212 e. The minimum atomic E-state index is 0.0150. The number of nitrogens with zero attached hydrogens (tertiary/aromatic N) is 2. The van der Waals surface area contributed by atoms with Crippen LogP contribution in [-0.2, 0) is 12.8 Å². The van der Waals surface area contributed by atoms with E-state index in [1.54, 1.807) is 12.3 Å². The van der Waals surface area contributed by atoms with E-state index in [1.165, 1.54) is 0 Å². The van der Waals surface area contributed by atoms with Crippen LogP contribution in [0.5, 0.6) is 0 Å². The van der Waals surface area contributed by atoms with Gasteiger partial charge in [0.05, 0.1) is 5.52 Å². The summed E-state index contributed by atoms with van der Waals surface area (Å²) in [5.41, 5.74) is 6.77. The van der Waals surface area contributed by atoms with Crippen molar-refractivity contribution in [3.8, 4) is 0 Å². The zero-order chi connectivity index (χ0) is 16.0. The van der Waals surface area contributed by atoms with Crippen molar-refractivity contribution < 1.29 is 4.79 Å². The van der Waals surface area contributed by atoms with Gasteiger partial charge in [0, 0.05) is 22.8 Å². The minimum Gasteiger partial charge on any atom is -0.287 e. The molecule has 1 aromatic carbocycles. The van der Waals surface area contributed by atoms with Crippen molar-refractivity contribution in [2.45, 2.75) is 33.1 Å². The quantitative estimate of drug-likeness (QED) is 0.673. The van der Waals surface area contributed by atoms with Crippen molar-refractivity contribution >= 4 is 16.7 Å². The fraction of sp³-hybridized carbons (Fsp3) is 0.250. The highest BCUT2D eigenvalue weighted by Crippen LogP contribution is 2.33. The summed E-state index contributed by atoms with van der Waals surface area (Å²) in [6, 6.07) is 9.70. The molecule has 3 aromatic rings. The topological polar surface area (TPSA) is 42.9 Å². The van der Waals surface area contributed by atoms with Crippen molar-refractivity contribution in [1.29, 1.82) is 0 Å². The van der Waals surface area contributed by atoms with Gasteiger partial charge in [0.2, 0.25) is 5.78 Å². The fourth-order valence-corrected chi connectivity index (χ4v) is 3.60. The Kier molecular flexibility index (Phi) is 3.22. The lowest BCUT2D eigenvalue weighted by Gasteiger charge is -2.13. The number of carbonyl (C=O) groups excluding carboxylic acids is 1. The number of hydrogen-bond donors (Lipinski definition) is 0. The normalized spacial score (nSPS) is 13.3. The van der Waals surface area contributed by atoms with Gasteiger partial charge in [0.25, 0.3) is 0 Å². The van der Waals surface area contributed by atoms with Crippen LogP contribution in [0.1, 0.15) is 44.9 Å². The molecule has 0 unspecified atom stereocenters. The monoisotopic (exact) mass is 302 g/mol. The zero-order valence-electron chi connectivity index (χ0n) is 13.4. The highest BCUT2D eigenvalue weighted by atomic mass is 16.1. The SMILES string of the molecule is Cc1cc(C)c2nc3c(c(C(=O)c4ccccn4)c2c1)CCC3. The van der Waals surface area contributed by atoms with Crippen molar-refractivity contribution in [3.63, 3.8) is 0 Å². The summed E-state index contributed by atoms with van der Waals surface area (Å²) in [5, 5.41) is 0.971. The number of fused-ring (bicyclic) bond motifs is 2. The maximum absolute atomic E-state index is 13.2. The van der Waals surface area contributed by atoms with E-state index in [0.717, 1.165) is 58.1 Å². The Hall–Kier alpha value is -2.55. The first-order valence-electron chi connectivity index (χ1n) is 8.03. The third-order valence-electron chi connectivity index (χ3n) is 4.58. The molecule has 23 heavy (non-hydrogen) atoms. The van der Waals surface area contributed by atoms with Gasteiger partial charge in [-0.3, -0.25) is 14.8 Å². The van der Waals surface area contributed by atoms with Crippen molar-refractivity contribution in [2.24, 2.45) is 0 Å². The largest absolute Gasteiger partial charge is 0.287 e. The Bertz CT molecular complexity index is 930. The average molecular weight is 302 g/mol. The summed E-state index contributed by atoms with van der Waals surface area (Å²) < 4.78 is 0. The Morgan fingerprint density at radius 1 is 1.13 bits per heavy atom. The van der Waals surface area contributed by atoms with Crippen LogP contribution in [0.3, 0.4) is 0 Å². The van der Waals surface area contributed by atoms with E-state index < -0.39 is 0 Å². The molecule has 0 saturated heterocycles. The molecule has 3 heteroatoms. The third kappa shape index (κ3) is 2.24. The van der Waals surface area contributed by atoms with E-state index in [2.05, 4.69) is 31.0 Å². The van der Waals surface area contributed by atoms with Gasteiger partial charge in [-0.2, -0.15) is 0 Å². The molecular weight excluding hydrogens is 284 g/mol. The highest BCUT2D eigenvalue weighted by molar-refractivity contribution is 6.16. The average Bonchev–Trinajstić information content (AvgIpc) is 3.01. The number of hydrogen-bond acceptors (Lipinski definition) is 3. The van der Waals surface area contributed by atoms with Crippen LogP contribution in [0.2, 0.25) is 0 Å². The van der Waals surface area contributed by atoms with Gasteiger partial charge >= 0.3 is 0 Å². The Morgan fingerprint density at radius 3 is 2.78 bits per heavy atom. The second-order valence-electron chi connectivity index (χ2n) is 6.29. The van der Waals surface area contributed by atoms with Crippen LogP contribution in [0.4, 0.5) is 0 Å². The first-order valence-corrected chi connectivity index (χ1v) is 8.03. The molecule has 1 aliphatic carbocycles. The van der Waals surface area contributed by atoms with E-state index in [0.29, 0.717) is 5.69 Å². The van der Waals surface area contributed by atoms with Gasteiger partial charge in [-0.15, -0.1) is 0 Å². The minimum absolute atomic E-state index is 0.0150. The van der Waals surface area contributed by atoms with Crippen LogP contribution >= 0.6 is 0 Å². The van der Waals surface area contributed by atoms with Crippen molar-refractivity contribution in [1.82, 2.24) is 9.97 Å². The zero-order valence-corrected chi connectivity index (χ0v) is 13.4. The van der Waals surface area contributed by atoms with Gasteiger partial charge in [-0.05, 0) is 62.4 Å². The number of benzene rings is 1. The lowest BCUT2D eigenvalue weighted by Crippen LogP contribution is -2.10. The molecule has 0 atom stereocenters. The molecule has 0 N–H and O–H groups in total. The Balaban J connectivity index is 2.06. The van der Waals surface area contributed by atoms with E-state index in [1.807, 2.05) is 12.1 Å². The molecule has 0 spiro atoms. The number of rotatable bonds is 2. The molecule has 0 radical (unpaired) electrons. The lowest BCUT2D eigenvalue weighted by molar-refractivity contribution is 0.103. The predicted molar refractivity (Wildman–Crippen MR) is 90.9 cm³/mol. The van der Waals surface area contributed by atoms with Gasteiger partial charge in [0.1, 0.15) is 5.69 Å². The molecular formula is C20H18N2O. The Labute approximate surface area is 135 Å². The van der Waals surface area contributed by atoms with Gasteiger partial charge in [0.15, 0.2) is 0 Å². The molecule has 0 fully saturated rings. The van der Waals surface area contributed by atoms with Crippen LogP contribution < -0.4 is 0 Å². The van der Waals surface area contributed by atoms with Crippen LogP contribution in [0.25, 0.3) is 10.9 Å². The van der Waals surface area contributed by atoms with Gasteiger partial charge in [-0.25, -0.2) is 0 Å². The molecule has 0 saturated carbocycles.